The summed E-state index contributed by atoms with van der Waals surface area (Å²) in [6.07, 6.45) is 0. The van der Waals surface area contributed by atoms with Gasteiger partial charge in [-0.25, -0.2) is 4.79 Å². The molecule has 0 N–H and O–H groups in total. The van der Waals surface area contributed by atoms with E-state index in [1.165, 1.54) is 7.11 Å². The predicted octanol–water partition coefficient (Wildman–Crippen LogP) is 4.30. The molecule has 0 aliphatic carbocycles. The molecule has 0 saturated heterocycles. The molecule has 0 atom stereocenters. The van der Waals surface area contributed by atoms with Crippen LogP contribution in [-0.2, 0) is 4.74 Å². The third kappa shape index (κ3) is 3.02. The summed E-state index contributed by atoms with van der Waals surface area (Å²) in [4.78, 5) is 12.0. The van der Waals surface area contributed by atoms with Crippen LogP contribution in [0.5, 0.6) is 5.75 Å². The monoisotopic (exact) mass is 334 g/mol. The third-order valence-corrected chi connectivity index (χ3v) is 3.44. The van der Waals surface area contributed by atoms with Gasteiger partial charge in [0.2, 0.25) is 0 Å². The van der Waals surface area contributed by atoms with Gasteiger partial charge in [-0.2, -0.15) is 0 Å². The maximum Gasteiger partial charge on any atom is 0.341 e. The maximum absolute atomic E-state index is 12.0. The van der Waals surface area contributed by atoms with Crippen molar-refractivity contribution in [2.75, 3.05) is 13.7 Å². The Morgan fingerprint density at radius 1 is 1.15 bits per heavy atom. The zero-order valence-electron chi connectivity index (χ0n) is 11.4. The predicted molar refractivity (Wildman–Crippen MR) is 82.1 cm³/mol. The van der Waals surface area contributed by atoms with E-state index >= 15 is 0 Å². The lowest BCUT2D eigenvalue weighted by Crippen LogP contribution is -2.07. The van der Waals surface area contributed by atoms with Crippen LogP contribution in [0.1, 0.15) is 17.3 Å². The zero-order valence-corrected chi connectivity index (χ0v) is 12.9. The van der Waals surface area contributed by atoms with Crippen LogP contribution < -0.4 is 4.74 Å². The van der Waals surface area contributed by atoms with Gasteiger partial charge in [0.15, 0.2) is 0 Å². The van der Waals surface area contributed by atoms with Crippen LogP contribution in [0.2, 0.25) is 0 Å². The van der Waals surface area contributed by atoms with Crippen LogP contribution in [0.3, 0.4) is 0 Å². The van der Waals surface area contributed by atoms with Crippen LogP contribution in [0.15, 0.2) is 46.9 Å². The minimum atomic E-state index is -0.386. The average molecular weight is 335 g/mol. The second-order valence-electron chi connectivity index (χ2n) is 4.13. The normalized spacial score (nSPS) is 10.2. The number of benzene rings is 2. The second-order valence-corrected chi connectivity index (χ2v) is 4.98. The molecule has 0 fully saturated rings. The molecule has 2 rings (SSSR count). The first-order valence-electron chi connectivity index (χ1n) is 6.27. The minimum absolute atomic E-state index is 0.329. The molecule has 3 nitrogen and oxygen atoms in total. The summed E-state index contributed by atoms with van der Waals surface area (Å²) in [7, 11) is 1.53. The van der Waals surface area contributed by atoms with E-state index in [2.05, 4.69) is 15.9 Å². The summed E-state index contributed by atoms with van der Waals surface area (Å²) in [5.74, 6) is 0.103. The Labute approximate surface area is 126 Å². The number of rotatable bonds is 4. The van der Waals surface area contributed by atoms with Crippen molar-refractivity contribution in [1.82, 2.24) is 0 Å². The van der Waals surface area contributed by atoms with Crippen molar-refractivity contribution in [1.29, 1.82) is 0 Å². The fourth-order valence-electron chi connectivity index (χ4n) is 1.96. The lowest BCUT2D eigenvalue weighted by atomic mass is 10.0. The van der Waals surface area contributed by atoms with Gasteiger partial charge in [-0.05, 0) is 46.1 Å². The van der Waals surface area contributed by atoms with Crippen molar-refractivity contribution in [3.63, 3.8) is 0 Å². The van der Waals surface area contributed by atoms with E-state index in [1.54, 1.807) is 13.0 Å². The Morgan fingerprint density at radius 3 is 2.45 bits per heavy atom. The summed E-state index contributed by atoms with van der Waals surface area (Å²) in [5.41, 5.74) is 2.38. The summed E-state index contributed by atoms with van der Waals surface area (Å²) < 4.78 is 11.1. The zero-order chi connectivity index (χ0) is 14.5. The van der Waals surface area contributed by atoms with E-state index in [1.807, 2.05) is 36.4 Å². The lowest BCUT2D eigenvalue weighted by Gasteiger charge is -2.12. The van der Waals surface area contributed by atoms with Crippen molar-refractivity contribution < 1.29 is 14.3 Å². The first kappa shape index (κ1) is 14.6. The van der Waals surface area contributed by atoms with Gasteiger partial charge >= 0.3 is 5.97 Å². The molecular formula is C16H15BrO3. The smallest absolute Gasteiger partial charge is 0.341 e. The molecule has 0 amide bonds. The molecule has 4 heteroatoms. The molecule has 104 valence electrons. The topological polar surface area (TPSA) is 35.5 Å². The van der Waals surface area contributed by atoms with Crippen molar-refractivity contribution >= 4 is 21.9 Å². The van der Waals surface area contributed by atoms with Crippen LogP contribution in [0.4, 0.5) is 0 Å². The third-order valence-electron chi connectivity index (χ3n) is 2.85. The highest BCUT2D eigenvalue weighted by molar-refractivity contribution is 9.10. The van der Waals surface area contributed by atoms with Crippen molar-refractivity contribution in [2.45, 2.75) is 6.92 Å². The molecular weight excluding hydrogens is 320 g/mol. The number of hydrogen-bond acceptors (Lipinski definition) is 3. The van der Waals surface area contributed by atoms with Gasteiger partial charge in [0.05, 0.1) is 18.2 Å². The Balaban J connectivity index is 2.54. The van der Waals surface area contributed by atoms with E-state index < -0.39 is 0 Å². The number of esters is 1. The van der Waals surface area contributed by atoms with Gasteiger partial charge in [0.25, 0.3) is 0 Å². The minimum Gasteiger partial charge on any atom is -0.495 e. The number of methoxy groups -OCH3 is 1. The fraction of sp³-hybridized carbons (Fsp3) is 0.188. The molecule has 0 aliphatic heterocycles. The molecule has 0 spiro atoms. The molecule has 0 heterocycles. The highest BCUT2D eigenvalue weighted by Gasteiger charge is 2.18. The van der Waals surface area contributed by atoms with Gasteiger partial charge in [-0.15, -0.1) is 0 Å². The molecule has 0 aromatic heterocycles. The molecule has 20 heavy (non-hydrogen) atoms. The van der Waals surface area contributed by atoms with Gasteiger partial charge in [0.1, 0.15) is 11.3 Å². The quantitative estimate of drug-likeness (QED) is 0.782. The molecule has 0 bridgehead atoms. The first-order valence-corrected chi connectivity index (χ1v) is 7.06. The Bertz CT molecular complexity index is 609. The summed E-state index contributed by atoms with van der Waals surface area (Å²) in [5, 5.41) is 0. The Hall–Kier alpha value is -1.81. The van der Waals surface area contributed by atoms with Gasteiger partial charge < -0.3 is 9.47 Å². The fourth-order valence-corrected chi connectivity index (χ4v) is 2.58. The highest BCUT2D eigenvalue weighted by atomic mass is 79.9. The molecule has 2 aromatic rings. The van der Waals surface area contributed by atoms with Crippen molar-refractivity contribution in [3.8, 4) is 16.9 Å². The Kier molecular flexibility index (Phi) is 4.79. The van der Waals surface area contributed by atoms with E-state index in [4.69, 9.17) is 9.47 Å². The van der Waals surface area contributed by atoms with Gasteiger partial charge in [0, 0.05) is 0 Å². The van der Waals surface area contributed by atoms with Crippen molar-refractivity contribution in [3.05, 3.63) is 52.5 Å². The summed E-state index contributed by atoms with van der Waals surface area (Å²) in [6, 6.07) is 13.6. The highest BCUT2D eigenvalue weighted by Crippen LogP contribution is 2.34. The van der Waals surface area contributed by atoms with Crippen LogP contribution in [0.25, 0.3) is 11.1 Å². The van der Waals surface area contributed by atoms with Crippen LogP contribution >= 0.6 is 15.9 Å². The number of carbonyl (C=O) groups excluding carboxylic acids is 1. The van der Waals surface area contributed by atoms with Gasteiger partial charge in [-0.3, -0.25) is 0 Å². The van der Waals surface area contributed by atoms with E-state index in [-0.39, 0.29) is 5.97 Å². The molecule has 0 saturated carbocycles. The average Bonchev–Trinajstić information content (AvgIpc) is 2.47. The largest absolute Gasteiger partial charge is 0.495 e. The SMILES string of the molecule is CCOC(=O)c1cc(-c2ccccc2)cc(Br)c1OC. The molecule has 2 aromatic carbocycles. The van der Waals surface area contributed by atoms with Crippen molar-refractivity contribution in [2.24, 2.45) is 0 Å². The van der Waals surface area contributed by atoms with E-state index in [0.29, 0.717) is 17.9 Å². The molecule has 0 radical (unpaired) electrons. The second kappa shape index (κ2) is 6.57. The summed E-state index contributed by atoms with van der Waals surface area (Å²) in [6.45, 7) is 2.11. The number of ether oxygens (including phenoxy) is 2. The molecule has 0 unspecified atom stereocenters. The standard InChI is InChI=1S/C16H15BrO3/c1-3-20-16(18)13-9-12(10-14(17)15(13)19-2)11-7-5-4-6-8-11/h4-10H,3H2,1-2H3. The van der Waals surface area contributed by atoms with Crippen LogP contribution in [0, 0.1) is 0 Å². The lowest BCUT2D eigenvalue weighted by molar-refractivity contribution is 0.0522. The van der Waals surface area contributed by atoms with E-state index in [9.17, 15) is 4.79 Å². The van der Waals surface area contributed by atoms with Gasteiger partial charge in [-0.1, -0.05) is 30.3 Å². The molecule has 0 aliphatic rings. The maximum atomic E-state index is 12.0. The first-order chi connectivity index (χ1) is 9.67. The van der Waals surface area contributed by atoms with E-state index in [0.717, 1.165) is 15.6 Å². The Morgan fingerprint density at radius 2 is 1.85 bits per heavy atom. The number of halogens is 1. The van der Waals surface area contributed by atoms with Crippen LogP contribution in [-0.4, -0.2) is 19.7 Å². The summed E-state index contributed by atoms with van der Waals surface area (Å²) >= 11 is 3.44. The number of carbonyl (C=O) groups is 1. The number of hydrogen-bond donors (Lipinski definition) is 0.